The standard InChI is InChI=1S/C12H16BrFN2O2/c1-2-18-6-5-16-11(12(15)17)9-4-3-8(13)7-10(9)14/h3-4,7,11,16H,2,5-6H2,1H3,(H2,15,17). The molecule has 0 fully saturated rings. The van der Waals surface area contributed by atoms with Gasteiger partial charge in [0.05, 0.1) is 6.61 Å². The van der Waals surface area contributed by atoms with Crippen LogP contribution in [-0.2, 0) is 9.53 Å². The van der Waals surface area contributed by atoms with E-state index in [1.807, 2.05) is 6.92 Å². The van der Waals surface area contributed by atoms with Gasteiger partial charge in [0.25, 0.3) is 0 Å². The van der Waals surface area contributed by atoms with Crippen LogP contribution in [0.3, 0.4) is 0 Å². The van der Waals surface area contributed by atoms with Crippen molar-refractivity contribution >= 4 is 21.8 Å². The molecule has 1 atom stereocenters. The van der Waals surface area contributed by atoms with Gasteiger partial charge >= 0.3 is 0 Å². The lowest BCUT2D eigenvalue weighted by Crippen LogP contribution is -2.36. The van der Waals surface area contributed by atoms with Gasteiger partial charge in [0.15, 0.2) is 0 Å². The van der Waals surface area contributed by atoms with E-state index in [1.54, 1.807) is 6.07 Å². The Morgan fingerprint density at radius 3 is 2.89 bits per heavy atom. The van der Waals surface area contributed by atoms with E-state index in [2.05, 4.69) is 21.2 Å². The molecular weight excluding hydrogens is 303 g/mol. The molecule has 1 aromatic rings. The SMILES string of the molecule is CCOCCNC(C(N)=O)c1ccc(Br)cc1F. The Morgan fingerprint density at radius 2 is 2.33 bits per heavy atom. The number of nitrogens with two attached hydrogens (primary N) is 1. The molecule has 0 aliphatic heterocycles. The summed E-state index contributed by atoms with van der Waals surface area (Å²) in [6.45, 7) is 3.34. The third kappa shape index (κ3) is 4.36. The van der Waals surface area contributed by atoms with Crippen LogP contribution in [0.25, 0.3) is 0 Å². The Bertz CT molecular complexity index is 415. The van der Waals surface area contributed by atoms with Crippen LogP contribution in [-0.4, -0.2) is 25.7 Å². The van der Waals surface area contributed by atoms with Crippen molar-refractivity contribution in [2.24, 2.45) is 5.73 Å². The molecule has 6 heteroatoms. The molecule has 0 aromatic heterocycles. The summed E-state index contributed by atoms with van der Waals surface area (Å²) in [4.78, 5) is 11.3. The number of nitrogens with one attached hydrogen (secondary N) is 1. The highest BCUT2D eigenvalue weighted by Gasteiger charge is 2.20. The summed E-state index contributed by atoms with van der Waals surface area (Å²) < 4.78 is 19.5. The largest absolute Gasteiger partial charge is 0.380 e. The summed E-state index contributed by atoms with van der Waals surface area (Å²) in [5.74, 6) is -1.09. The topological polar surface area (TPSA) is 64.3 Å². The zero-order valence-electron chi connectivity index (χ0n) is 10.1. The Labute approximate surface area is 114 Å². The highest BCUT2D eigenvalue weighted by atomic mass is 79.9. The van der Waals surface area contributed by atoms with Crippen LogP contribution in [0.15, 0.2) is 22.7 Å². The van der Waals surface area contributed by atoms with E-state index >= 15 is 0 Å². The van der Waals surface area contributed by atoms with Gasteiger partial charge in [-0.2, -0.15) is 0 Å². The highest BCUT2D eigenvalue weighted by molar-refractivity contribution is 9.10. The van der Waals surface area contributed by atoms with Crippen molar-refractivity contribution < 1.29 is 13.9 Å². The van der Waals surface area contributed by atoms with Crippen molar-refractivity contribution in [3.63, 3.8) is 0 Å². The minimum atomic E-state index is -0.849. The van der Waals surface area contributed by atoms with Crippen LogP contribution in [0, 0.1) is 5.82 Å². The summed E-state index contributed by atoms with van der Waals surface area (Å²) in [5.41, 5.74) is 5.51. The van der Waals surface area contributed by atoms with Crippen molar-refractivity contribution in [2.75, 3.05) is 19.8 Å². The number of halogens is 2. The molecule has 0 saturated carbocycles. The zero-order valence-corrected chi connectivity index (χ0v) is 11.7. The van der Waals surface area contributed by atoms with Crippen LogP contribution < -0.4 is 11.1 Å². The van der Waals surface area contributed by atoms with Gasteiger partial charge in [0.1, 0.15) is 11.9 Å². The highest BCUT2D eigenvalue weighted by Crippen LogP contribution is 2.20. The molecule has 4 nitrogen and oxygen atoms in total. The fourth-order valence-electron chi connectivity index (χ4n) is 1.52. The smallest absolute Gasteiger partial charge is 0.239 e. The lowest BCUT2D eigenvalue weighted by Gasteiger charge is -2.16. The van der Waals surface area contributed by atoms with Crippen molar-refractivity contribution in [3.05, 3.63) is 34.1 Å². The molecule has 3 N–H and O–H groups in total. The minimum Gasteiger partial charge on any atom is -0.380 e. The Morgan fingerprint density at radius 1 is 1.61 bits per heavy atom. The van der Waals surface area contributed by atoms with E-state index in [0.717, 1.165) is 0 Å². The van der Waals surface area contributed by atoms with Gasteiger partial charge in [-0.1, -0.05) is 22.0 Å². The third-order valence-electron chi connectivity index (χ3n) is 2.36. The molecule has 100 valence electrons. The third-order valence-corrected chi connectivity index (χ3v) is 2.85. The van der Waals surface area contributed by atoms with Crippen LogP contribution in [0.1, 0.15) is 18.5 Å². The van der Waals surface area contributed by atoms with Crippen LogP contribution >= 0.6 is 15.9 Å². The molecule has 1 amide bonds. The Balaban J connectivity index is 2.75. The predicted octanol–water partition coefficient (Wildman–Crippen LogP) is 1.74. The number of carbonyl (C=O) groups is 1. The van der Waals surface area contributed by atoms with Crippen LogP contribution in [0.2, 0.25) is 0 Å². The number of primary amides is 1. The molecule has 18 heavy (non-hydrogen) atoms. The lowest BCUT2D eigenvalue weighted by atomic mass is 10.1. The predicted molar refractivity (Wildman–Crippen MR) is 70.5 cm³/mol. The fraction of sp³-hybridized carbons (Fsp3) is 0.417. The average Bonchev–Trinajstić information content (AvgIpc) is 2.30. The van der Waals surface area contributed by atoms with E-state index in [4.69, 9.17) is 10.5 Å². The van der Waals surface area contributed by atoms with Crippen LogP contribution in [0.4, 0.5) is 4.39 Å². The molecule has 0 bridgehead atoms. The molecule has 0 aliphatic carbocycles. The maximum Gasteiger partial charge on any atom is 0.239 e. The van der Waals surface area contributed by atoms with E-state index in [9.17, 15) is 9.18 Å². The first-order valence-electron chi connectivity index (χ1n) is 5.61. The van der Waals surface area contributed by atoms with Gasteiger partial charge in [0.2, 0.25) is 5.91 Å². The molecule has 0 spiro atoms. The number of benzene rings is 1. The first kappa shape index (κ1) is 15.1. The van der Waals surface area contributed by atoms with Crippen molar-refractivity contribution in [1.82, 2.24) is 5.32 Å². The average molecular weight is 319 g/mol. The van der Waals surface area contributed by atoms with Gasteiger partial charge in [-0.3, -0.25) is 10.1 Å². The molecule has 1 unspecified atom stereocenters. The monoisotopic (exact) mass is 318 g/mol. The summed E-state index contributed by atoms with van der Waals surface area (Å²) in [6, 6.07) is 3.65. The number of hydrogen-bond donors (Lipinski definition) is 2. The van der Waals surface area contributed by atoms with E-state index in [1.165, 1.54) is 12.1 Å². The normalized spacial score (nSPS) is 12.4. The minimum absolute atomic E-state index is 0.238. The molecule has 1 rings (SSSR count). The van der Waals surface area contributed by atoms with Crippen molar-refractivity contribution in [3.8, 4) is 0 Å². The second-order valence-electron chi connectivity index (χ2n) is 3.65. The Hall–Kier alpha value is -0.980. The van der Waals surface area contributed by atoms with Crippen molar-refractivity contribution in [1.29, 1.82) is 0 Å². The van der Waals surface area contributed by atoms with E-state index < -0.39 is 17.8 Å². The number of amides is 1. The first-order chi connectivity index (χ1) is 8.56. The van der Waals surface area contributed by atoms with E-state index in [0.29, 0.717) is 24.2 Å². The molecule has 0 saturated heterocycles. The molecule has 0 heterocycles. The quantitative estimate of drug-likeness (QED) is 0.753. The van der Waals surface area contributed by atoms with Gasteiger partial charge < -0.3 is 10.5 Å². The van der Waals surface area contributed by atoms with Gasteiger partial charge in [-0.05, 0) is 19.1 Å². The number of carbonyl (C=O) groups excluding carboxylic acids is 1. The molecule has 1 aromatic carbocycles. The molecular formula is C12H16BrFN2O2. The Kier molecular flexibility index (Phi) is 6.24. The zero-order chi connectivity index (χ0) is 13.5. The molecule has 0 radical (unpaired) electrons. The number of rotatable bonds is 7. The summed E-state index contributed by atoms with van der Waals surface area (Å²) in [7, 11) is 0. The number of ether oxygens (including phenoxy) is 1. The maximum atomic E-state index is 13.7. The van der Waals surface area contributed by atoms with Crippen LogP contribution in [0.5, 0.6) is 0 Å². The summed E-state index contributed by atoms with van der Waals surface area (Å²) in [6.07, 6.45) is 0. The molecule has 0 aliphatic rings. The first-order valence-corrected chi connectivity index (χ1v) is 6.41. The van der Waals surface area contributed by atoms with Crippen molar-refractivity contribution in [2.45, 2.75) is 13.0 Å². The lowest BCUT2D eigenvalue weighted by molar-refractivity contribution is -0.120. The second-order valence-corrected chi connectivity index (χ2v) is 4.57. The maximum absolute atomic E-state index is 13.7. The van der Waals surface area contributed by atoms with Gasteiger partial charge in [0, 0.05) is 23.2 Å². The summed E-state index contributed by atoms with van der Waals surface area (Å²) >= 11 is 3.16. The van der Waals surface area contributed by atoms with Gasteiger partial charge in [-0.25, -0.2) is 4.39 Å². The fourth-order valence-corrected chi connectivity index (χ4v) is 1.85. The van der Waals surface area contributed by atoms with Gasteiger partial charge in [-0.15, -0.1) is 0 Å². The second kappa shape index (κ2) is 7.45. The number of hydrogen-bond acceptors (Lipinski definition) is 3. The summed E-state index contributed by atoms with van der Waals surface area (Å²) in [5, 5.41) is 2.88. The van der Waals surface area contributed by atoms with E-state index in [-0.39, 0.29) is 5.56 Å².